The van der Waals surface area contributed by atoms with Crippen LogP contribution in [0.3, 0.4) is 0 Å². The van der Waals surface area contributed by atoms with Gasteiger partial charge in [0.1, 0.15) is 0 Å². The zero-order valence-corrected chi connectivity index (χ0v) is 9.13. The fourth-order valence-corrected chi connectivity index (χ4v) is 1.57. The highest BCUT2D eigenvalue weighted by Crippen LogP contribution is 2.16. The summed E-state index contributed by atoms with van der Waals surface area (Å²) in [5.41, 5.74) is 5.78. The molecular formula is C8H12Cl2N4. The third-order valence-corrected chi connectivity index (χ3v) is 2.37. The van der Waals surface area contributed by atoms with Crippen LogP contribution in [0.15, 0.2) is 12.1 Å². The summed E-state index contributed by atoms with van der Waals surface area (Å²) in [6.45, 7) is 1.81. The van der Waals surface area contributed by atoms with E-state index in [4.69, 9.17) is 17.3 Å². The van der Waals surface area contributed by atoms with Crippen molar-refractivity contribution >= 4 is 29.8 Å². The maximum absolute atomic E-state index is 5.78. The third kappa shape index (κ3) is 2.47. The van der Waals surface area contributed by atoms with Crippen LogP contribution >= 0.6 is 24.0 Å². The van der Waals surface area contributed by atoms with Gasteiger partial charge >= 0.3 is 0 Å². The topological polar surface area (TPSA) is 55.0 Å². The van der Waals surface area contributed by atoms with Gasteiger partial charge in [0, 0.05) is 19.1 Å². The Hall–Kier alpha value is -0.580. The first kappa shape index (κ1) is 11.5. The average Bonchev–Trinajstić information content (AvgIpc) is 2.53. The van der Waals surface area contributed by atoms with E-state index in [0.29, 0.717) is 5.15 Å². The highest BCUT2D eigenvalue weighted by molar-refractivity contribution is 6.29. The van der Waals surface area contributed by atoms with Crippen LogP contribution in [0.25, 0.3) is 0 Å². The molecule has 0 bridgehead atoms. The molecule has 4 nitrogen and oxygen atoms in total. The lowest BCUT2D eigenvalue weighted by Crippen LogP contribution is -2.26. The number of halogens is 2. The van der Waals surface area contributed by atoms with Crippen molar-refractivity contribution in [2.45, 2.75) is 12.5 Å². The van der Waals surface area contributed by atoms with Crippen molar-refractivity contribution in [3.63, 3.8) is 0 Å². The Labute approximate surface area is 93.8 Å². The van der Waals surface area contributed by atoms with E-state index in [0.717, 1.165) is 25.3 Å². The van der Waals surface area contributed by atoms with Crippen LogP contribution in [-0.2, 0) is 0 Å². The van der Waals surface area contributed by atoms with E-state index >= 15 is 0 Å². The van der Waals surface area contributed by atoms with Crippen molar-refractivity contribution in [1.82, 2.24) is 10.2 Å². The monoisotopic (exact) mass is 234 g/mol. The van der Waals surface area contributed by atoms with E-state index in [-0.39, 0.29) is 18.4 Å². The minimum atomic E-state index is 0. The van der Waals surface area contributed by atoms with Gasteiger partial charge in [0.25, 0.3) is 0 Å². The van der Waals surface area contributed by atoms with Crippen LogP contribution in [0.2, 0.25) is 5.15 Å². The maximum atomic E-state index is 5.78. The highest BCUT2D eigenvalue weighted by atomic mass is 35.5. The molecule has 1 aliphatic rings. The predicted octanol–water partition coefficient (Wildman–Crippen LogP) is 1.09. The minimum Gasteiger partial charge on any atom is -0.354 e. The quantitative estimate of drug-likeness (QED) is 0.791. The highest BCUT2D eigenvalue weighted by Gasteiger charge is 2.20. The molecule has 1 atom stereocenters. The van der Waals surface area contributed by atoms with Gasteiger partial charge in [0.15, 0.2) is 11.0 Å². The largest absolute Gasteiger partial charge is 0.354 e. The molecular weight excluding hydrogens is 223 g/mol. The zero-order chi connectivity index (χ0) is 9.26. The molecule has 0 spiro atoms. The summed E-state index contributed by atoms with van der Waals surface area (Å²) in [6, 6.07) is 3.87. The van der Waals surface area contributed by atoms with E-state index in [1.54, 1.807) is 6.07 Å². The van der Waals surface area contributed by atoms with Crippen molar-refractivity contribution in [3.8, 4) is 0 Å². The predicted molar refractivity (Wildman–Crippen MR) is 59.1 cm³/mol. The molecule has 2 rings (SSSR count). The molecule has 1 aromatic heterocycles. The van der Waals surface area contributed by atoms with Gasteiger partial charge < -0.3 is 10.6 Å². The van der Waals surface area contributed by atoms with E-state index in [9.17, 15) is 0 Å². The number of hydrogen-bond donors (Lipinski definition) is 1. The normalized spacial score (nSPS) is 20.7. The summed E-state index contributed by atoms with van der Waals surface area (Å²) in [5.74, 6) is 0.859. The lowest BCUT2D eigenvalue weighted by Gasteiger charge is -2.15. The van der Waals surface area contributed by atoms with Gasteiger partial charge in [0.2, 0.25) is 0 Å². The Balaban J connectivity index is 0.000000980. The van der Waals surface area contributed by atoms with E-state index in [1.807, 2.05) is 6.07 Å². The van der Waals surface area contributed by atoms with Crippen LogP contribution in [0.4, 0.5) is 5.82 Å². The summed E-state index contributed by atoms with van der Waals surface area (Å²) in [5, 5.41) is 8.19. The Bertz CT molecular complexity index is 290. The number of rotatable bonds is 1. The molecule has 0 saturated carbocycles. The van der Waals surface area contributed by atoms with Crippen molar-refractivity contribution in [2.24, 2.45) is 5.73 Å². The van der Waals surface area contributed by atoms with Gasteiger partial charge in [0.05, 0.1) is 0 Å². The van der Waals surface area contributed by atoms with Gasteiger partial charge in [-0.3, -0.25) is 0 Å². The Kier molecular flexibility index (Phi) is 3.92. The number of anilines is 1. The number of aromatic nitrogens is 2. The van der Waals surface area contributed by atoms with Gasteiger partial charge in [-0.05, 0) is 18.6 Å². The molecule has 78 valence electrons. The smallest absolute Gasteiger partial charge is 0.151 e. The summed E-state index contributed by atoms with van der Waals surface area (Å²) in [7, 11) is 0. The van der Waals surface area contributed by atoms with Gasteiger partial charge in [-0.25, -0.2) is 0 Å². The van der Waals surface area contributed by atoms with Crippen molar-refractivity contribution in [3.05, 3.63) is 17.3 Å². The average molecular weight is 235 g/mol. The SMILES string of the molecule is Cl.N[C@@H]1CCN(c2ccc(Cl)nn2)C1. The van der Waals surface area contributed by atoms with Crippen LogP contribution in [0.1, 0.15) is 6.42 Å². The van der Waals surface area contributed by atoms with Crippen LogP contribution in [0.5, 0.6) is 0 Å². The van der Waals surface area contributed by atoms with E-state index in [1.165, 1.54) is 0 Å². The number of nitrogens with zero attached hydrogens (tertiary/aromatic N) is 3. The van der Waals surface area contributed by atoms with Gasteiger partial charge in [-0.15, -0.1) is 22.6 Å². The molecule has 2 heterocycles. The summed E-state index contributed by atoms with van der Waals surface area (Å²) in [6.07, 6.45) is 1.02. The second-order valence-electron chi connectivity index (χ2n) is 3.21. The van der Waals surface area contributed by atoms with E-state index < -0.39 is 0 Å². The molecule has 1 aromatic rings. The summed E-state index contributed by atoms with van der Waals surface area (Å²) < 4.78 is 0. The molecule has 2 N–H and O–H groups in total. The van der Waals surface area contributed by atoms with E-state index in [2.05, 4.69) is 15.1 Å². The molecule has 0 radical (unpaired) electrons. The minimum absolute atomic E-state index is 0. The fraction of sp³-hybridized carbons (Fsp3) is 0.500. The molecule has 0 unspecified atom stereocenters. The first-order chi connectivity index (χ1) is 6.25. The first-order valence-corrected chi connectivity index (χ1v) is 4.63. The lowest BCUT2D eigenvalue weighted by molar-refractivity contribution is 0.750. The summed E-state index contributed by atoms with van der Waals surface area (Å²) in [4.78, 5) is 2.12. The molecule has 1 saturated heterocycles. The van der Waals surface area contributed by atoms with Crippen LogP contribution in [0, 0.1) is 0 Å². The zero-order valence-electron chi connectivity index (χ0n) is 7.56. The van der Waals surface area contributed by atoms with Crippen LogP contribution in [-0.4, -0.2) is 29.3 Å². The summed E-state index contributed by atoms with van der Waals surface area (Å²) >= 11 is 5.63. The first-order valence-electron chi connectivity index (χ1n) is 4.25. The van der Waals surface area contributed by atoms with Crippen molar-refractivity contribution in [1.29, 1.82) is 0 Å². The number of nitrogens with two attached hydrogens (primary N) is 1. The Morgan fingerprint density at radius 3 is 2.71 bits per heavy atom. The van der Waals surface area contributed by atoms with Gasteiger partial charge in [-0.1, -0.05) is 11.6 Å². The molecule has 1 aliphatic heterocycles. The van der Waals surface area contributed by atoms with Crippen molar-refractivity contribution in [2.75, 3.05) is 18.0 Å². The Morgan fingerprint density at radius 2 is 2.21 bits per heavy atom. The molecule has 14 heavy (non-hydrogen) atoms. The Morgan fingerprint density at radius 1 is 1.43 bits per heavy atom. The van der Waals surface area contributed by atoms with Crippen molar-refractivity contribution < 1.29 is 0 Å². The van der Waals surface area contributed by atoms with Crippen LogP contribution < -0.4 is 10.6 Å². The fourth-order valence-electron chi connectivity index (χ4n) is 1.47. The molecule has 0 aliphatic carbocycles. The molecule has 1 fully saturated rings. The second-order valence-corrected chi connectivity index (χ2v) is 3.60. The second kappa shape index (κ2) is 4.77. The number of hydrogen-bond acceptors (Lipinski definition) is 4. The standard InChI is InChI=1S/C8H11ClN4.ClH/c9-7-1-2-8(12-11-7)13-4-3-6(10)5-13;/h1-2,6H,3-5,10H2;1H/t6-;/m1./s1. The maximum Gasteiger partial charge on any atom is 0.151 e. The molecule has 6 heteroatoms. The molecule has 0 amide bonds. The van der Waals surface area contributed by atoms with Gasteiger partial charge in [-0.2, -0.15) is 0 Å². The third-order valence-electron chi connectivity index (χ3n) is 2.17. The molecule has 0 aromatic carbocycles. The lowest BCUT2D eigenvalue weighted by atomic mass is 10.3.